The van der Waals surface area contributed by atoms with Crippen molar-refractivity contribution < 1.29 is 46.8 Å². The van der Waals surface area contributed by atoms with Gasteiger partial charge in [-0.25, -0.2) is 4.98 Å². The number of benzene rings is 2. The lowest BCUT2D eigenvalue weighted by atomic mass is 10.1. The molecule has 14 heteroatoms. The van der Waals surface area contributed by atoms with E-state index in [1.165, 1.54) is 18.1 Å². The third-order valence-electron chi connectivity index (χ3n) is 7.04. The van der Waals surface area contributed by atoms with Gasteiger partial charge in [0.25, 0.3) is 5.91 Å². The molecule has 0 aliphatic carbocycles. The molecule has 0 bridgehead atoms. The summed E-state index contributed by atoms with van der Waals surface area (Å²) in [7, 11) is 3.01. The van der Waals surface area contributed by atoms with E-state index in [9.17, 15) is 23.1 Å². The van der Waals surface area contributed by atoms with Gasteiger partial charge in [-0.2, -0.15) is 18.2 Å². The standard InChI is InChI=1S/C27H25F3N4O7/c1-34-10-13-4-3-5-18(21(13)25(34)36)41-24-15(27(28,29)30)9-31-26(33-24)32-16-7-6-14(8-19(16)37-2)40-20-12-39-22-17(35)11-38-23(20)22/h3-9,17,20,22-23,35H,10-12H2,1-2H3,(H,31,32,33). The van der Waals surface area contributed by atoms with Gasteiger partial charge in [-0.1, -0.05) is 12.1 Å². The van der Waals surface area contributed by atoms with Gasteiger partial charge in [0.15, 0.2) is 6.10 Å². The fraction of sp³-hybridized carbons (Fsp3) is 0.370. The first-order valence-electron chi connectivity index (χ1n) is 12.6. The number of hydrogen-bond acceptors (Lipinski definition) is 10. The maximum absolute atomic E-state index is 13.8. The number of amides is 1. The number of aromatic nitrogens is 2. The van der Waals surface area contributed by atoms with E-state index in [4.69, 9.17) is 23.7 Å². The summed E-state index contributed by atoms with van der Waals surface area (Å²) >= 11 is 0. The van der Waals surface area contributed by atoms with Crippen molar-refractivity contribution in [3.05, 3.63) is 59.3 Å². The predicted octanol–water partition coefficient (Wildman–Crippen LogP) is 3.53. The van der Waals surface area contributed by atoms with Crippen LogP contribution >= 0.6 is 0 Å². The van der Waals surface area contributed by atoms with Crippen LogP contribution in [0.1, 0.15) is 21.5 Å². The Morgan fingerprint density at radius 3 is 2.71 bits per heavy atom. The average molecular weight is 575 g/mol. The van der Waals surface area contributed by atoms with E-state index >= 15 is 0 Å². The quantitative estimate of drug-likeness (QED) is 0.433. The number of anilines is 2. The summed E-state index contributed by atoms with van der Waals surface area (Å²) in [6.07, 6.45) is -6.22. The lowest BCUT2D eigenvalue weighted by molar-refractivity contribution is -0.139. The smallest absolute Gasteiger partial charge is 0.423 e. The molecular formula is C27H25F3N4O7. The van der Waals surface area contributed by atoms with E-state index in [0.29, 0.717) is 35.5 Å². The van der Waals surface area contributed by atoms with Crippen molar-refractivity contribution in [2.75, 3.05) is 32.7 Å². The fourth-order valence-corrected chi connectivity index (χ4v) is 5.05. The van der Waals surface area contributed by atoms with E-state index in [1.54, 1.807) is 37.4 Å². The molecule has 2 N–H and O–H groups in total. The van der Waals surface area contributed by atoms with Gasteiger partial charge in [0.1, 0.15) is 41.1 Å². The first kappa shape index (κ1) is 27.1. The number of ether oxygens (including phenoxy) is 5. The minimum absolute atomic E-state index is 0.0389. The maximum atomic E-state index is 13.8. The molecule has 41 heavy (non-hydrogen) atoms. The Balaban J connectivity index is 1.25. The highest BCUT2D eigenvalue weighted by Gasteiger charge is 2.48. The van der Waals surface area contributed by atoms with Gasteiger partial charge in [-0.05, 0) is 23.8 Å². The molecule has 0 spiro atoms. The van der Waals surface area contributed by atoms with Crippen LogP contribution in [-0.4, -0.2) is 77.7 Å². The molecule has 1 aromatic heterocycles. The number of carbonyl (C=O) groups excluding carboxylic acids is 1. The first-order valence-corrected chi connectivity index (χ1v) is 12.6. The van der Waals surface area contributed by atoms with Gasteiger partial charge in [0.05, 0.1) is 31.6 Å². The fourth-order valence-electron chi connectivity index (χ4n) is 5.05. The zero-order valence-corrected chi connectivity index (χ0v) is 21.8. The van der Waals surface area contributed by atoms with Crippen LogP contribution in [0.4, 0.5) is 24.8 Å². The number of rotatable bonds is 7. The minimum Gasteiger partial charge on any atom is -0.494 e. The van der Waals surface area contributed by atoms with Crippen molar-refractivity contribution in [1.29, 1.82) is 0 Å². The van der Waals surface area contributed by atoms with E-state index in [2.05, 4.69) is 15.3 Å². The summed E-state index contributed by atoms with van der Waals surface area (Å²) in [5, 5.41) is 12.8. The molecule has 4 unspecified atom stereocenters. The highest BCUT2D eigenvalue weighted by molar-refractivity contribution is 6.00. The number of aliphatic hydroxyl groups is 1. The summed E-state index contributed by atoms with van der Waals surface area (Å²) in [4.78, 5) is 21.9. The minimum atomic E-state index is -4.81. The molecule has 2 saturated heterocycles. The van der Waals surface area contributed by atoms with Gasteiger partial charge in [-0.3, -0.25) is 4.79 Å². The molecule has 0 radical (unpaired) electrons. The average Bonchev–Trinajstić information content (AvgIpc) is 3.60. The Bertz CT molecular complexity index is 1490. The monoisotopic (exact) mass is 574 g/mol. The van der Waals surface area contributed by atoms with Crippen molar-refractivity contribution in [2.24, 2.45) is 0 Å². The molecule has 3 aromatic rings. The number of carbonyl (C=O) groups is 1. The van der Waals surface area contributed by atoms with Crippen LogP contribution in [0.5, 0.6) is 23.1 Å². The lowest BCUT2D eigenvalue weighted by Crippen LogP contribution is -2.34. The third kappa shape index (κ3) is 5.09. The second kappa shape index (κ2) is 10.4. The predicted molar refractivity (Wildman–Crippen MR) is 136 cm³/mol. The number of halogens is 3. The van der Waals surface area contributed by atoms with Crippen molar-refractivity contribution >= 4 is 17.5 Å². The summed E-state index contributed by atoms with van der Waals surface area (Å²) < 4.78 is 69.7. The van der Waals surface area contributed by atoms with Gasteiger partial charge in [-0.15, -0.1) is 0 Å². The number of alkyl halides is 3. The third-order valence-corrected chi connectivity index (χ3v) is 7.04. The van der Waals surface area contributed by atoms with Crippen molar-refractivity contribution in [2.45, 2.75) is 37.1 Å². The van der Waals surface area contributed by atoms with Crippen LogP contribution in [0.2, 0.25) is 0 Å². The van der Waals surface area contributed by atoms with Crippen LogP contribution < -0.4 is 19.5 Å². The first-order chi connectivity index (χ1) is 19.6. The number of aliphatic hydroxyl groups excluding tert-OH is 1. The summed E-state index contributed by atoms with van der Waals surface area (Å²) in [5.74, 6) is -0.639. The number of methoxy groups -OCH3 is 1. The number of nitrogens with one attached hydrogen (secondary N) is 1. The second-order valence-electron chi connectivity index (χ2n) is 9.77. The largest absolute Gasteiger partial charge is 0.494 e. The molecule has 2 fully saturated rings. The van der Waals surface area contributed by atoms with E-state index in [1.807, 2.05) is 0 Å². The molecule has 2 aromatic carbocycles. The molecule has 1 amide bonds. The zero-order chi connectivity index (χ0) is 28.9. The van der Waals surface area contributed by atoms with E-state index in [-0.39, 0.29) is 36.4 Å². The Morgan fingerprint density at radius 2 is 1.93 bits per heavy atom. The second-order valence-corrected chi connectivity index (χ2v) is 9.77. The number of fused-ring (bicyclic) bond motifs is 2. The molecule has 0 saturated carbocycles. The number of nitrogens with zero attached hydrogens (tertiary/aromatic N) is 3. The molecule has 4 atom stereocenters. The van der Waals surface area contributed by atoms with Crippen LogP contribution in [0.3, 0.4) is 0 Å². The summed E-state index contributed by atoms with van der Waals surface area (Å²) in [5.41, 5.74) is -0.0362. The molecule has 216 valence electrons. The molecule has 3 aliphatic heterocycles. The maximum Gasteiger partial charge on any atom is 0.423 e. The van der Waals surface area contributed by atoms with Crippen LogP contribution in [0.15, 0.2) is 42.6 Å². The van der Waals surface area contributed by atoms with Crippen molar-refractivity contribution in [3.63, 3.8) is 0 Å². The van der Waals surface area contributed by atoms with Crippen molar-refractivity contribution in [3.8, 4) is 23.1 Å². The van der Waals surface area contributed by atoms with E-state index < -0.39 is 42.0 Å². The zero-order valence-electron chi connectivity index (χ0n) is 21.8. The lowest BCUT2D eigenvalue weighted by Gasteiger charge is -2.19. The normalized spacial score (nSPS) is 23.4. The SMILES string of the molecule is COc1cc(OC2COC3C(O)COC23)ccc1Nc1ncc(C(F)(F)F)c(Oc2cccc3c2C(=O)N(C)C3)n1. The molecule has 4 heterocycles. The molecule has 6 rings (SSSR count). The molecular weight excluding hydrogens is 549 g/mol. The highest BCUT2D eigenvalue weighted by atomic mass is 19.4. The topological polar surface area (TPSA) is 124 Å². The van der Waals surface area contributed by atoms with E-state index in [0.717, 1.165) is 0 Å². The van der Waals surface area contributed by atoms with Crippen LogP contribution in [0, 0.1) is 0 Å². The Morgan fingerprint density at radius 1 is 1.12 bits per heavy atom. The number of hydrogen-bond donors (Lipinski definition) is 2. The van der Waals surface area contributed by atoms with Crippen LogP contribution in [-0.2, 0) is 22.2 Å². The Labute approximate surface area is 231 Å². The Hall–Kier alpha value is -4.14. The molecule has 11 nitrogen and oxygen atoms in total. The van der Waals surface area contributed by atoms with Gasteiger partial charge >= 0.3 is 6.18 Å². The highest BCUT2D eigenvalue weighted by Crippen LogP contribution is 2.40. The summed E-state index contributed by atoms with van der Waals surface area (Å²) in [6, 6.07) is 9.52. The summed E-state index contributed by atoms with van der Waals surface area (Å²) in [6.45, 7) is 0.723. The van der Waals surface area contributed by atoms with Gasteiger partial charge in [0, 0.05) is 25.9 Å². The Kier molecular flexibility index (Phi) is 6.83. The van der Waals surface area contributed by atoms with Gasteiger partial charge in [0.2, 0.25) is 11.8 Å². The molecule has 3 aliphatic rings. The van der Waals surface area contributed by atoms with Crippen LogP contribution in [0.25, 0.3) is 0 Å². The van der Waals surface area contributed by atoms with Crippen molar-refractivity contribution in [1.82, 2.24) is 14.9 Å². The van der Waals surface area contributed by atoms with Gasteiger partial charge < -0.3 is 39.0 Å².